The van der Waals surface area contributed by atoms with E-state index in [9.17, 15) is 0 Å². The molecule has 0 radical (unpaired) electrons. The Morgan fingerprint density at radius 1 is 1.25 bits per heavy atom. The van der Waals surface area contributed by atoms with Gasteiger partial charge in [0, 0.05) is 15.0 Å². The quantitative estimate of drug-likeness (QED) is 0.718. The minimum atomic E-state index is 0.872. The lowest BCUT2D eigenvalue weighted by molar-refractivity contribution is 1.19. The fourth-order valence-corrected chi connectivity index (χ4v) is 3.48. The summed E-state index contributed by atoms with van der Waals surface area (Å²) in [6.07, 6.45) is 2.65. The van der Waals surface area contributed by atoms with Crippen LogP contribution >= 0.6 is 27.3 Å². The van der Waals surface area contributed by atoms with Crippen LogP contribution in [0.3, 0.4) is 0 Å². The molecule has 0 aliphatic carbocycles. The van der Waals surface area contributed by atoms with E-state index in [1.54, 1.807) is 17.7 Å². The predicted octanol–water partition coefficient (Wildman–Crippen LogP) is 5.07. The Morgan fingerprint density at radius 2 is 2.10 bits per heavy atom. The number of aryl methyl sites for hydroxylation is 2. The predicted molar refractivity (Wildman–Crippen MR) is 89.0 cm³/mol. The van der Waals surface area contributed by atoms with Crippen molar-refractivity contribution in [3.05, 3.63) is 45.5 Å². The van der Waals surface area contributed by atoms with E-state index in [0.717, 1.165) is 32.6 Å². The van der Waals surface area contributed by atoms with Gasteiger partial charge in [-0.1, -0.05) is 22.9 Å². The number of benzene rings is 1. The van der Waals surface area contributed by atoms with Gasteiger partial charge in [-0.05, 0) is 43.2 Å². The SMILES string of the molecule is CCc1cc2c(Nc3ccc(Br)cc3C)ncnc2s1. The van der Waals surface area contributed by atoms with Crippen molar-refractivity contribution in [1.29, 1.82) is 0 Å². The second-order valence-electron chi connectivity index (χ2n) is 4.59. The van der Waals surface area contributed by atoms with E-state index in [1.807, 2.05) is 6.07 Å². The maximum Gasteiger partial charge on any atom is 0.142 e. The van der Waals surface area contributed by atoms with Crippen LogP contribution in [0.15, 0.2) is 35.1 Å². The average Bonchev–Trinajstić information content (AvgIpc) is 2.86. The van der Waals surface area contributed by atoms with Crippen LogP contribution < -0.4 is 5.32 Å². The fraction of sp³-hybridized carbons (Fsp3) is 0.200. The van der Waals surface area contributed by atoms with Crippen LogP contribution in [0, 0.1) is 6.92 Å². The van der Waals surface area contributed by atoms with E-state index in [2.05, 4.69) is 63.3 Å². The number of hydrogen-bond donors (Lipinski definition) is 1. The summed E-state index contributed by atoms with van der Waals surface area (Å²) in [5.74, 6) is 0.872. The third-order valence-electron chi connectivity index (χ3n) is 3.17. The van der Waals surface area contributed by atoms with Crippen LogP contribution in [0.1, 0.15) is 17.4 Å². The molecule has 0 fully saturated rings. The van der Waals surface area contributed by atoms with Crippen LogP contribution in [0.5, 0.6) is 0 Å². The molecule has 0 aliphatic rings. The molecule has 0 atom stereocenters. The standard InChI is InChI=1S/C15H14BrN3S/c1-3-11-7-12-14(17-8-18-15(12)20-11)19-13-5-4-10(16)6-9(13)2/h4-8H,3H2,1-2H3,(H,17,18,19). The Balaban J connectivity index is 2.03. The van der Waals surface area contributed by atoms with Crippen molar-refractivity contribution in [3.63, 3.8) is 0 Å². The van der Waals surface area contributed by atoms with E-state index in [1.165, 1.54) is 10.4 Å². The van der Waals surface area contributed by atoms with Crippen molar-refractivity contribution in [2.75, 3.05) is 5.32 Å². The van der Waals surface area contributed by atoms with Gasteiger partial charge in [0.15, 0.2) is 0 Å². The van der Waals surface area contributed by atoms with E-state index >= 15 is 0 Å². The second kappa shape index (κ2) is 5.50. The van der Waals surface area contributed by atoms with Gasteiger partial charge in [-0.15, -0.1) is 11.3 Å². The Morgan fingerprint density at radius 3 is 2.85 bits per heavy atom. The first kappa shape index (κ1) is 13.5. The average molecular weight is 348 g/mol. The number of aromatic nitrogens is 2. The molecule has 1 aromatic carbocycles. The van der Waals surface area contributed by atoms with Gasteiger partial charge >= 0.3 is 0 Å². The lowest BCUT2D eigenvalue weighted by Gasteiger charge is -2.09. The van der Waals surface area contributed by atoms with Crippen LogP contribution in [-0.4, -0.2) is 9.97 Å². The number of thiophene rings is 1. The van der Waals surface area contributed by atoms with Gasteiger partial charge in [-0.3, -0.25) is 0 Å². The monoisotopic (exact) mass is 347 g/mol. The summed E-state index contributed by atoms with van der Waals surface area (Å²) in [5, 5.41) is 4.51. The minimum Gasteiger partial charge on any atom is -0.339 e. The molecule has 0 saturated heterocycles. The number of nitrogens with zero attached hydrogens (tertiary/aromatic N) is 2. The number of fused-ring (bicyclic) bond motifs is 1. The summed E-state index contributed by atoms with van der Waals surface area (Å²) in [5.41, 5.74) is 2.24. The lowest BCUT2D eigenvalue weighted by atomic mass is 10.2. The minimum absolute atomic E-state index is 0.872. The van der Waals surface area contributed by atoms with Crippen molar-refractivity contribution >= 4 is 49.0 Å². The molecular formula is C15H14BrN3S. The summed E-state index contributed by atoms with van der Waals surface area (Å²) in [6.45, 7) is 4.24. The molecule has 102 valence electrons. The van der Waals surface area contributed by atoms with Crippen LogP contribution in [-0.2, 0) is 6.42 Å². The maximum absolute atomic E-state index is 4.39. The lowest BCUT2D eigenvalue weighted by Crippen LogP contribution is -1.96. The highest BCUT2D eigenvalue weighted by Crippen LogP contribution is 2.31. The highest BCUT2D eigenvalue weighted by atomic mass is 79.9. The molecule has 0 saturated carbocycles. The molecule has 1 N–H and O–H groups in total. The van der Waals surface area contributed by atoms with Crippen molar-refractivity contribution < 1.29 is 0 Å². The number of nitrogens with one attached hydrogen (secondary N) is 1. The molecule has 20 heavy (non-hydrogen) atoms. The number of halogens is 1. The summed E-state index contributed by atoms with van der Waals surface area (Å²) in [4.78, 5) is 11.1. The topological polar surface area (TPSA) is 37.8 Å². The summed E-state index contributed by atoms with van der Waals surface area (Å²) >= 11 is 5.21. The van der Waals surface area contributed by atoms with Crippen molar-refractivity contribution in [2.24, 2.45) is 0 Å². The molecule has 3 rings (SSSR count). The van der Waals surface area contributed by atoms with Gasteiger partial charge in [-0.2, -0.15) is 0 Å². The molecule has 0 spiro atoms. The molecule has 0 amide bonds. The zero-order valence-corrected chi connectivity index (χ0v) is 13.7. The fourth-order valence-electron chi connectivity index (χ4n) is 2.07. The van der Waals surface area contributed by atoms with Gasteiger partial charge in [0.05, 0.1) is 5.39 Å². The number of rotatable bonds is 3. The molecule has 3 aromatic rings. The van der Waals surface area contributed by atoms with Gasteiger partial charge in [-0.25, -0.2) is 9.97 Å². The Labute approximate surface area is 130 Å². The van der Waals surface area contributed by atoms with Gasteiger partial charge in [0.2, 0.25) is 0 Å². The van der Waals surface area contributed by atoms with Gasteiger partial charge in [0.25, 0.3) is 0 Å². The van der Waals surface area contributed by atoms with E-state index in [-0.39, 0.29) is 0 Å². The van der Waals surface area contributed by atoms with Crippen molar-refractivity contribution in [1.82, 2.24) is 9.97 Å². The zero-order valence-electron chi connectivity index (χ0n) is 11.3. The smallest absolute Gasteiger partial charge is 0.142 e. The molecule has 2 heterocycles. The first-order valence-corrected chi connectivity index (χ1v) is 8.05. The van der Waals surface area contributed by atoms with Gasteiger partial charge in [0.1, 0.15) is 17.0 Å². The highest BCUT2D eigenvalue weighted by Gasteiger charge is 2.09. The Bertz CT molecular complexity index is 767. The molecule has 2 aromatic heterocycles. The van der Waals surface area contributed by atoms with Crippen molar-refractivity contribution in [2.45, 2.75) is 20.3 Å². The summed E-state index contributed by atoms with van der Waals surface area (Å²) in [6, 6.07) is 8.35. The molecule has 3 nitrogen and oxygen atoms in total. The molecule has 5 heteroatoms. The van der Waals surface area contributed by atoms with Crippen molar-refractivity contribution in [3.8, 4) is 0 Å². The van der Waals surface area contributed by atoms with Crippen LogP contribution in [0.4, 0.5) is 11.5 Å². The molecule has 0 bridgehead atoms. The summed E-state index contributed by atoms with van der Waals surface area (Å²) in [7, 11) is 0. The normalized spacial score (nSPS) is 10.9. The van der Waals surface area contributed by atoms with Gasteiger partial charge < -0.3 is 5.32 Å². The first-order valence-electron chi connectivity index (χ1n) is 6.44. The summed E-state index contributed by atoms with van der Waals surface area (Å²) < 4.78 is 1.08. The second-order valence-corrected chi connectivity index (χ2v) is 6.62. The van der Waals surface area contributed by atoms with Crippen LogP contribution in [0.25, 0.3) is 10.2 Å². The highest BCUT2D eigenvalue weighted by molar-refractivity contribution is 9.10. The first-order chi connectivity index (χ1) is 9.67. The van der Waals surface area contributed by atoms with E-state index < -0.39 is 0 Å². The third-order valence-corrected chi connectivity index (χ3v) is 4.85. The molecular weight excluding hydrogens is 334 g/mol. The zero-order chi connectivity index (χ0) is 14.1. The Kier molecular flexibility index (Phi) is 3.72. The van der Waals surface area contributed by atoms with E-state index in [4.69, 9.17) is 0 Å². The molecule has 0 aliphatic heterocycles. The Hall–Kier alpha value is -1.46. The number of hydrogen-bond acceptors (Lipinski definition) is 4. The molecule has 0 unspecified atom stereocenters. The van der Waals surface area contributed by atoms with Crippen LogP contribution in [0.2, 0.25) is 0 Å². The number of anilines is 2. The van der Waals surface area contributed by atoms with E-state index in [0.29, 0.717) is 0 Å². The third kappa shape index (κ3) is 2.55. The maximum atomic E-state index is 4.39. The largest absolute Gasteiger partial charge is 0.339 e.